The van der Waals surface area contributed by atoms with Gasteiger partial charge in [-0.05, 0) is 18.4 Å². The van der Waals surface area contributed by atoms with E-state index >= 15 is 0 Å². The van der Waals surface area contributed by atoms with Crippen molar-refractivity contribution in [3.8, 4) is 0 Å². The molecule has 1 fully saturated rings. The summed E-state index contributed by atoms with van der Waals surface area (Å²) in [5, 5.41) is 4.97. The van der Waals surface area contributed by atoms with Crippen molar-refractivity contribution in [1.82, 2.24) is 10.2 Å². The van der Waals surface area contributed by atoms with Crippen LogP contribution in [-0.4, -0.2) is 43.5 Å². The minimum atomic E-state index is -0.248. The van der Waals surface area contributed by atoms with Crippen LogP contribution in [0.3, 0.4) is 0 Å². The number of hydrogen-bond donors (Lipinski definition) is 1. The molecule has 1 aliphatic rings. The summed E-state index contributed by atoms with van der Waals surface area (Å²) in [6.45, 7) is 3.51. The fourth-order valence-electron chi connectivity index (χ4n) is 2.31. The van der Waals surface area contributed by atoms with Gasteiger partial charge < -0.3 is 15.0 Å². The van der Waals surface area contributed by atoms with E-state index in [2.05, 4.69) is 5.32 Å². The third-order valence-electron chi connectivity index (χ3n) is 3.48. The molecule has 1 aromatic heterocycles. The second-order valence-corrected chi connectivity index (χ2v) is 5.96. The molecule has 1 aromatic rings. The van der Waals surface area contributed by atoms with Crippen LogP contribution in [0.15, 0.2) is 17.5 Å². The van der Waals surface area contributed by atoms with Crippen LogP contribution in [0.5, 0.6) is 0 Å². The molecule has 0 aliphatic carbocycles. The van der Waals surface area contributed by atoms with E-state index < -0.39 is 0 Å². The van der Waals surface area contributed by atoms with Crippen molar-refractivity contribution in [2.45, 2.75) is 19.4 Å². The third-order valence-corrected chi connectivity index (χ3v) is 4.53. The minimum absolute atomic E-state index is 0.00868. The van der Waals surface area contributed by atoms with Crippen LogP contribution in [-0.2, 0) is 14.3 Å². The number of likely N-dealkylation sites (tertiary alicyclic amines) is 1. The highest BCUT2D eigenvalue weighted by Crippen LogP contribution is 2.21. The maximum absolute atomic E-state index is 12.2. The average Bonchev–Trinajstić information content (AvgIpc) is 3.06. The fourth-order valence-corrected chi connectivity index (χ4v) is 3.04. The van der Waals surface area contributed by atoms with Crippen LogP contribution in [0.25, 0.3) is 0 Å². The van der Waals surface area contributed by atoms with Gasteiger partial charge in [-0.1, -0.05) is 6.07 Å². The van der Waals surface area contributed by atoms with Gasteiger partial charge >= 0.3 is 0 Å². The zero-order valence-corrected chi connectivity index (χ0v) is 12.6. The standard InChI is InChI=1S/C14H20N2O3S/c1-10(12-4-3-7-20-12)15-14(18)11-8-13(17)16(9-11)5-6-19-2/h3-4,7,10-11H,5-6,8-9H2,1-2H3,(H,15,18). The summed E-state index contributed by atoms with van der Waals surface area (Å²) in [6.07, 6.45) is 0.298. The lowest BCUT2D eigenvalue weighted by Gasteiger charge is -2.17. The van der Waals surface area contributed by atoms with Crippen molar-refractivity contribution in [3.63, 3.8) is 0 Å². The number of methoxy groups -OCH3 is 1. The van der Waals surface area contributed by atoms with Crippen molar-refractivity contribution in [1.29, 1.82) is 0 Å². The lowest BCUT2D eigenvalue weighted by Crippen LogP contribution is -2.35. The first-order chi connectivity index (χ1) is 9.61. The van der Waals surface area contributed by atoms with Crippen LogP contribution < -0.4 is 5.32 Å². The van der Waals surface area contributed by atoms with Crippen LogP contribution in [0.4, 0.5) is 0 Å². The molecule has 5 nitrogen and oxygen atoms in total. The number of carbonyl (C=O) groups excluding carboxylic acids is 2. The Kier molecular flexibility index (Phi) is 5.14. The van der Waals surface area contributed by atoms with Gasteiger partial charge in [0.05, 0.1) is 18.6 Å². The molecule has 1 N–H and O–H groups in total. The fraction of sp³-hybridized carbons (Fsp3) is 0.571. The Hall–Kier alpha value is -1.40. The van der Waals surface area contributed by atoms with E-state index in [1.165, 1.54) is 0 Å². The SMILES string of the molecule is COCCN1CC(C(=O)NC(C)c2cccs2)CC1=O. The van der Waals surface area contributed by atoms with Gasteiger partial charge in [0.25, 0.3) is 0 Å². The van der Waals surface area contributed by atoms with Gasteiger partial charge in [-0.15, -0.1) is 11.3 Å². The number of thiophene rings is 1. The molecule has 2 amide bonds. The maximum Gasteiger partial charge on any atom is 0.225 e. The van der Waals surface area contributed by atoms with Gasteiger partial charge in [-0.25, -0.2) is 0 Å². The number of amides is 2. The van der Waals surface area contributed by atoms with Crippen LogP contribution in [0.1, 0.15) is 24.3 Å². The lowest BCUT2D eigenvalue weighted by molar-refractivity contribution is -0.129. The van der Waals surface area contributed by atoms with Gasteiger partial charge in [-0.3, -0.25) is 9.59 Å². The van der Waals surface area contributed by atoms with Gasteiger partial charge in [0, 0.05) is 31.5 Å². The van der Waals surface area contributed by atoms with Crippen molar-refractivity contribution in [2.24, 2.45) is 5.92 Å². The van der Waals surface area contributed by atoms with E-state index in [1.807, 2.05) is 24.4 Å². The second-order valence-electron chi connectivity index (χ2n) is 4.98. The molecular formula is C14H20N2O3S. The predicted molar refractivity (Wildman–Crippen MR) is 77.4 cm³/mol. The summed E-state index contributed by atoms with van der Waals surface area (Å²) in [4.78, 5) is 26.8. The molecule has 1 aliphatic heterocycles. The third kappa shape index (κ3) is 3.58. The first-order valence-electron chi connectivity index (χ1n) is 6.72. The van der Waals surface area contributed by atoms with E-state index in [1.54, 1.807) is 23.3 Å². The number of carbonyl (C=O) groups is 2. The number of nitrogens with zero attached hydrogens (tertiary/aromatic N) is 1. The quantitative estimate of drug-likeness (QED) is 0.864. The molecule has 20 heavy (non-hydrogen) atoms. The van der Waals surface area contributed by atoms with Gasteiger partial charge in [0.1, 0.15) is 0 Å². The molecular weight excluding hydrogens is 276 g/mol. The molecule has 2 rings (SSSR count). The van der Waals surface area contributed by atoms with Crippen LogP contribution in [0.2, 0.25) is 0 Å². The van der Waals surface area contributed by atoms with Crippen LogP contribution in [0, 0.1) is 5.92 Å². The first kappa shape index (κ1) is 15.0. The van der Waals surface area contributed by atoms with Crippen LogP contribution >= 0.6 is 11.3 Å². The minimum Gasteiger partial charge on any atom is -0.383 e. The molecule has 1 saturated heterocycles. The Balaban J connectivity index is 1.86. The summed E-state index contributed by atoms with van der Waals surface area (Å²) in [7, 11) is 1.60. The van der Waals surface area contributed by atoms with E-state index in [0.717, 1.165) is 4.88 Å². The zero-order chi connectivity index (χ0) is 14.5. The summed E-state index contributed by atoms with van der Waals surface area (Å²) < 4.78 is 4.97. The monoisotopic (exact) mass is 296 g/mol. The van der Waals surface area contributed by atoms with Crippen molar-refractivity contribution in [3.05, 3.63) is 22.4 Å². The zero-order valence-electron chi connectivity index (χ0n) is 11.8. The highest BCUT2D eigenvalue weighted by molar-refractivity contribution is 7.10. The Labute approximate surface area is 122 Å². The number of ether oxygens (including phenoxy) is 1. The van der Waals surface area contributed by atoms with Crippen molar-refractivity contribution in [2.75, 3.05) is 26.8 Å². The normalized spacial score (nSPS) is 20.2. The van der Waals surface area contributed by atoms with E-state index in [-0.39, 0.29) is 23.8 Å². The average molecular weight is 296 g/mol. The predicted octanol–water partition coefficient (Wildman–Crippen LogP) is 1.42. The molecule has 2 atom stereocenters. The molecule has 0 bridgehead atoms. The summed E-state index contributed by atoms with van der Waals surface area (Å²) in [5.74, 6) is -0.257. The largest absolute Gasteiger partial charge is 0.383 e. The number of rotatable bonds is 6. The highest BCUT2D eigenvalue weighted by atomic mass is 32.1. The summed E-state index contributed by atoms with van der Waals surface area (Å²) in [6, 6.07) is 3.96. The molecule has 6 heteroatoms. The Bertz CT molecular complexity index is 461. The lowest BCUT2D eigenvalue weighted by atomic mass is 10.1. The van der Waals surface area contributed by atoms with Gasteiger partial charge in [0.2, 0.25) is 11.8 Å². The Morgan fingerprint density at radius 3 is 3.10 bits per heavy atom. The van der Waals surface area contributed by atoms with E-state index in [4.69, 9.17) is 4.74 Å². The topological polar surface area (TPSA) is 58.6 Å². The van der Waals surface area contributed by atoms with E-state index in [0.29, 0.717) is 26.1 Å². The van der Waals surface area contributed by atoms with Gasteiger partial charge in [-0.2, -0.15) is 0 Å². The number of nitrogens with one attached hydrogen (secondary N) is 1. The summed E-state index contributed by atoms with van der Waals surface area (Å²) in [5.41, 5.74) is 0. The molecule has 110 valence electrons. The number of hydrogen-bond acceptors (Lipinski definition) is 4. The molecule has 0 aromatic carbocycles. The highest BCUT2D eigenvalue weighted by Gasteiger charge is 2.34. The molecule has 2 unspecified atom stereocenters. The Morgan fingerprint density at radius 2 is 2.45 bits per heavy atom. The first-order valence-corrected chi connectivity index (χ1v) is 7.60. The molecule has 2 heterocycles. The Morgan fingerprint density at radius 1 is 1.65 bits per heavy atom. The van der Waals surface area contributed by atoms with E-state index in [9.17, 15) is 9.59 Å². The molecule has 0 spiro atoms. The van der Waals surface area contributed by atoms with Crippen molar-refractivity contribution < 1.29 is 14.3 Å². The summed E-state index contributed by atoms with van der Waals surface area (Å²) >= 11 is 1.62. The second kappa shape index (κ2) is 6.85. The molecule has 0 radical (unpaired) electrons. The maximum atomic E-state index is 12.2. The van der Waals surface area contributed by atoms with Crippen molar-refractivity contribution >= 4 is 23.2 Å². The molecule has 0 saturated carbocycles. The smallest absolute Gasteiger partial charge is 0.225 e. The van der Waals surface area contributed by atoms with Gasteiger partial charge in [0.15, 0.2) is 0 Å².